The van der Waals surface area contributed by atoms with Crippen molar-refractivity contribution in [1.29, 1.82) is 0 Å². The number of aliphatic hydroxyl groups is 1. The molecule has 0 saturated carbocycles. The lowest BCUT2D eigenvalue weighted by molar-refractivity contribution is 0.264. The van der Waals surface area contributed by atoms with Crippen LogP contribution < -0.4 is 0 Å². The number of halogens is 1. The van der Waals surface area contributed by atoms with E-state index in [0.29, 0.717) is 0 Å². The highest BCUT2D eigenvalue weighted by molar-refractivity contribution is 6.31. The van der Waals surface area contributed by atoms with E-state index in [2.05, 4.69) is 19.1 Å². The molecule has 0 heterocycles. The van der Waals surface area contributed by atoms with Gasteiger partial charge in [0.15, 0.2) is 0 Å². The molecular formula is C16H17ClO. The normalized spacial score (nSPS) is 12.4. The minimum Gasteiger partial charge on any atom is -0.396 e. The van der Waals surface area contributed by atoms with Crippen molar-refractivity contribution in [2.24, 2.45) is 0 Å². The van der Waals surface area contributed by atoms with Crippen LogP contribution in [0, 0.1) is 6.92 Å². The molecule has 18 heavy (non-hydrogen) atoms. The van der Waals surface area contributed by atoms with Crippen LogP contribution in [0.4, 0.5) is 0 Å². The lowest BCUT2D eigenvalue weighted by atomic mass is 9.90. The van der Waals surface area contributed by atoms with Crippen molar-refractivity contribution in [1.82, 2.24) is 0 Å². The fraction of sp³-hybridized carbons (Fsp3) is 0.250. The molecule has 1 unspecified atom stereocenters. The molecule has 0 spiro atoms. The summed E-state index contributed by atoms with van der Waals surface area (Å²) in [5, 5.41) is 10.4. The molecule has 0 bridgehead atoms. The van der Waals surface area contributed by atoms with Crippen LogP contribution in [0.2, 0.25) is 5.02 Å². The van der Waals surface area contributed by atoms with Gasteiger partial charge in [-0.2, -0.15) is 0 Å². The highest BCUT2D eigenvalue weighted by Gasteiger charge is 2.14. The molecule has 0 radical (unpaired) electrons. The van der Waals surface area contributed by atoms with Gasteiger partial charge in [0.1, 0.15) is 0 Å². The van der Waals surface area contributed by atoms with Crippen molar-refractivity contribution in [2.45, 2.75) is 19.3 Å². The summed E-state index contributed by atoms with van der Waals surface area (Å²) in [5.41, 5.74) is 3.49. The first kappa shape index (κ1) is 13.1. The molecule has 0 aliphatic rings. The van der Waals surface area contributed by atoms with Crippen molar-refractivity contribution in [3.05, 3.63) is 70.2 Å². The summed E-state index contributed by atoms with van der Waals surface area (Å²) < 4.78 is 0. The third-order valence-corrected chi connectivity index (χ3v) is 3.64. The first-order chi connectivity index (χ1) is 8.72. The highest BCUT2D eigenvalue weighted by atomic mass is 35.5. The Morgan fingerprint density at radius 1 is 1.06 bits per heavy atom. The summed E-state index contributed by atoms with van der Waals surface area (Å²) in [4.78, 5) is 0. The second kappa shape index (κ2) is 6.03. The Morgan fingerprint density at radius 2 is 1.72 bits per heavy atom. The van der Waals surface area contributed by atoms with Gasteiger partial charge < -0.3 is 5.11 Å². The number of aryl methyl sites for hydroxylation is 1. The maximum Gasteiger partial charge on any atom is 0.0503 e. The van der Waals surface area contributed by atoms with Crippen molar-refractivity contribution in [3.8, 4) is 0 Å². The number of aliphatic hydroxyl groups excluding tert-OH is 1. The van der Waals surface area contributed by atoms with Crippen LogP contribution in [-0.4, -0.2) is 11.7 Å². The smallest absolute Gasteiger partial charge is 0.0503 e. The molecule has 2 heteroatoms. The fourth-order valence-electron chi connectivity index (χ4n) is 2.25. The average Bonchev–Trinajstić information content (AvgIpc) is 2.39. The van der Waals surface area contributed by atoms with Crippen molar-refractivity contribution >= 4 is 11.6 Å². The van der Waals surface area contributed by atoms with Crippen LogP contribution in [-0.2, 0) is 6.42 Å². The van der Waals surface area contributed by atoms with Gasteiger partial charge in [-0.05, 0) is 36.1 Å². The Labute approximate surface area is 113 Å². The molecule has 0 aromatic heterocycles. The second-order valence-electron chi connectivity index (χ2n) is 4.53. The minimum atomic E-state index is 0.103. The fourth-order valence-corrected chi connectivity index (χ4v) is 2.46. The first-order valence-corrected chi connectivity index (χ1v) is 6.50. The third kappa shape index (κ3) is 2.92. The molecular weight excluding hydrogens is 244 g/mol. The number of benzene rings is 2. The van der Waals surface area contributed by atoms with Crippen LogP contribution >= 0.6 is 11.6 Å². The van der Waals surface area contributed by atoms with Crippen LogP contribution in [0.1, 0.15) is 22.6 Å². The summed E-state index contributed by atoms with van der Waals surface area (Å²) in [6.45, 7) is 2.21. The molecule has 1 N–H and O–H groups in total. The SMILES string of the molecule is Cc1ccccc1C(CO)Cc1ccccc1Cl. The summed E-state index contributed by atoms with van der Waals surface area (Å²) in [5.74, 6) is 0.103. The Bertz CT molecular complexity index is 522. The molecule has 1 atom stereocenters. The Balaban J connectivity index is 2.26. The molecule has 94 valence electrons. The molecule has 0 amide bonds. The van der Waals surface area contributed by atoms with Gasteiger partial charge in [-0.1, -0.05) is 54.1 Å². The van der Waals surface area contributed by atoms with Gasteiger partial charge in [0.05, 0.1) is 6.61 Å². The molecule has 2 aromatic carbocycles. The topological polar surface area (TPSA) is 20.2 Å². The zero-order chi connectivity index (χ0) is 13.0. The third-order valence-electron chi connectivity index (χ3n) is 3.27. The van der Waals surface area contributed by atoms with Crippen LogP contribution in [0.25, 0.3) is 0 Å². The molecule has 2 aromatic rings. The van der Waals surface area contributed by atoms with Crippen LogP contribution in [0.15, 0.2) is 48.5 Å². The lowest BCUT2D eigenvalue weighted by Gasteiger charge is -2.17. The van der Waals surface area contributed by atoms with Gasteiger partial charge in [-0.15, -0.1) is 0 Å². The van der Waals surface area contributed by atoms with E-state index in [0.717, 1.165) is 17.0 Å². The Hall–Kier alpha value is -1.31. The molecule has 2 rings (SSSR count). The predicted molar refractivity (Wildman–Crippen MR) is 76.2 cm³/mol. The van der Waals surface area contributed by atoms with Gasteiger partial charge in [0.25, 0.3) is 0 Å². The largest absolute Gasteiger partial charge is 0.396 e. The molecule has 0 fully saturated rings. The van der Waals surface area contributed by atoms with E-state index in [1.54, 1.807) is 0 Å². The minimum absolute atomic E-state index is 0.103. The zero-order valence-electron chi connectivity index (χ0n) is 10.4. The predicted octanol–water partition coefficient (Wildman–Crippen LogP) is 3.97. The van der Waals surface area contributed by atoms with Crippen LogP contribution in [0.3, 0.4) is 0 Å². The van der Waals surface area contributed by atoms with Crippen LogP contribution in [0.5, 0.6) is 0 Å². The molecule has 0 aliphatic carbocycles. The van der Waals surface area contributed by atoms with Gasteiger partial charge in [-0.25, -0.2) is 0 Å². The van der Waals surface area contributed by atoms with E-state index >= 15 is 0 Å². The van der Waals surface area contributed by atoms with E-state index in [4.69, 9.17) is 11.6 Å². The number of hydrogen-bond acceptors (Lipinski definition) is 1. The second-order valence-corrected chi connectivity index (χ2v) is 4.94. The average molecular weight is 261 g/mol. The maximum atomic E-state index is 9.61. The lowest BCUT2D eigenvalue weighted by Crippen LogP contribution is -2.09. The van der Waals surface area contributed by atoms with E-state index in [9.17, 15) is 5.11 Å². The summed E-state index contributed by atoms with van der Waals surface area (Å²) >= 11 is 6.17. The summed E-state index contributed by atoms with van der Waals surface area (Å²) in [7, 11) is 0. The Morgan fingerprint density at radius 3 is 2.39 bits per heavy atom. The van der Waals surface area contributed by atoms with E-state index in [1.165, 1.54) is 11.1 Å². The monoisotopic (exact) mass is 260 g/mol. The van der Waals surface area contributed by atoms with Crippen molar-refractivity contribution < 1.29 is 5.11 Å². The zero-order valence-corrected chi connectivity index (χ0v) is 11.2. The first-order valence-electron chi connectivity index (χ1n) is 6.12. The van der Waals surface area contributed by atoms with Crippen molar-refractivity contribution in [2.75, 3.05) is 6.61 Å². The number of rotatable bonds is 4. The quantitative estimate of drug-likeness (QED) is 0.882. The van der Waals surface area contributed by atoms with E-state index < -0.39 is 0 Å². The van der Waals surface area contributed by atoms with Gasteiger partial charge in [-0.3, -0.25) is 0 Å². The van der Waals surface area contributed by atoms with Gasteiger partial charge in [0, 0.05) is 10.9 Å². The van der Waals surface area contributed by atoms with Crippen molar-refractivity contribution in [3.63, 3.8) is 0 Å². The standard InChI is InChI=1S/C16H17ClO/c1-12-6-2-4-8-15(12)14(11-18)10-13-7-3-5-9-16(13)17/h2-9,14,18H,10-11H2,1H3. The van der Waals surface area contributed by atoms with E-state index in [-0.39, 0.29) is 12.5 Å². The van der Waals surface area contributed by atoms with E-state index in [1.807, 2.05) is 36.4 Å². The Kier molecular flexibility index (Phi) is 4.40. The van der Waals surface area contributed by atoms with Gasteiger partial charge >= 0.3 is 0 Å². The molecule has 1 nitrogen and oxygen atoms in total. The summed E-state index contributed by atoms with van der Waals surface area (Å²) in [6, 6.07) is 16.0. The maximum absolute atomic E-state index is 9.61. The number of hydrogen-bond donors (Lipinski definition) is 1. The molecule has 0 saturated heterocycles. The van der Waals surface area contributed by atoms with Gasteiger partial charge in [0.2, 0.25) is 0 Å². The highest BCUT2D eigenvalue weighted by Crippen LogP contribution is 2.26. The molecule has 0 aliphatic heterocycles. The summed E-state index contributed by atoms with van der Waals surface area (Å²) in [6.07, 6.45) is 0.765.